The zero-order chi connectivity index (χ0) is 9.90. The van der Waals surface area contributed by atoms with Crippen molar-refractivity contribution in [3.05, 3.63) is 29.8 Å². The molecule has 0 saturated heterocycles. The van der Waals surface area contributed by atoms with Crippen LogP contribution in [0.3, 0.4) is 0 Å². The first kappa shape index (κ1) is 10.6. The Morgan fingerprint density at radius 3 is 2.00 bits per heavy atom. The van der Waals surface area contributed by atoms with Gasteiger partial charge in [-0.1, -0.05) is 32.9 Å². The van der Waals surface area contributed by atoms with Gasteiger partial charge in [-0.05, 0) is 23.1 Å². The predicted molar refractivity (Wildman–Crippen MR) is 58.0 cm³/mol. The average Bonchev–Trinajstić information content (AvgIpc) is 2.04. The second kappa shape index (κ2) is 4.16. The lowest BCUT2D eigenvalue weighted by Gasteiger charge is -2.18. The lowest BCUT2D eigenvalue weighted by molar-refractivity contribution is 0.489. The summed E-state index contributed by atoms with van der Waals surface area (Å²) < 4.78 is 4.97. The molecule has 0 aliphatic carbocycles. The molecule has 0 amide bonds. The van der Waals surface area contributed by atoms with Gasteiger partial charge in [-0.2, -0.15) is 0 Å². The number of rotatable bonds is 2. The van der Waals surface area contributed by atoms with Crippen molar-refractivity contribution in [1.29, 1.82) is 0 Å². The van der Waals surface area contributed by atoms with Gasteiger partial charge >= 0.3 is 0 Å². The van der Waals surface area contributed by atoms with E-state index in [0.717, 1.165) is 4.90 Å². The van der Waals surface area contributed by atoms with Gasteiger partial charge in [0.05, 0.1) is 7.11 Å². The highest BCUT2D eigenvalue weighted by Gasteiger charge is 2.12. The van der Waals surface area contributed by atoms with Crippen molar-refractivity contribution in [2.45, 2.75) is 31.1 Å². The Kier molecular flexibility index (Phi) is 3.40. The van der Waals surface area contributed by atoms with Gasteiger partial charge in [-0.3, -0.25) is 0 Å². The maximum Gasteiger partial charge on any atom is 0.0508 e. The summed E-state index contributed by atoms with van der Waals surface area (Å²) in [6, 6.07) is 8.49. The third-order valence-electron chi connectivity index (χ3n) is 1.90. The molecule has 0 saturated carbocycles. The van der Waals surface area contributed by atoms with Gasteiger partial charge in [0.15, 0.2) is 0 Å². The van der Waals surface area contributed by atoms with E-state index in [4.69, 9.17) is 4.18 Å². The van der Waals surface area contributed by atoms with Gasteiger partial charge in [-0.15, -0.1) is 0 Å². The quantitative estimate of drug-likeness (QED) is 0.668. The van der Waals surface area contributed by atoms with E-state index >= 15 is 0 Å². The van der Waals surface area contributed by atoms with Crippen LogP contribution >= 0.6 is 12.0 Å². The van der Waals surface area contributed by atoms with Crippen LogP contribution in [0.1, 0.15) is 26.3 Å². The molecule has 1 aromatic rings. The van der Waals surface area contributed by atoms with E-state index < -0.39 is 0 Å². The van der Waals surface area contributed by atoms with Crippen LogP contribution in [0.15, 0.2) is 29.2 Å². The molecule has 1 rings (SSSR count). The molecule has 0 heterocycles. The Balaban J connectivity index is 2.81. The first-order valence-electron chi connectivity index (χ1n) is 4.35. The molecule has 0 aliphatic heterocycles. The smallest absolute Gasteiger partial charge is 0.0508 e. The molecule has 2 heteroatoms. The maximum absolute atomic E-state index is 4.97. The van der Waals surface area contributed by atoms with Crippen LogP contribution in [0.4, 0.5) is 0 Å². The van der Waals surface area contributed by atoms with Crippen molar-refractivity contribution < 1.29 is 4.18 Å². The van der Waals surface area contributed by atoms with Crippen molar-refractivity contribution in [3.63, 3.8) is 0 Å². The molecule has 0 fully saturated rings. The van der Waals surface area contributed by atoms with Crippen LogP contribution in [0.2, 0.25) is 0 Å². The summed E-state index contributed by atoms with van der Waals surface area (Å²) in [7, 11) is 1.68. The van der Waals surface area contributed by atoms with Crippen LogP contribution in [-0.4, -0.2) is 7.11 Å². The number of hydrogen-bond donors (Lipinski definition) is 0. The van der Waals surface area contributed by atoms with E-state index in [-0.39, 0.29) is 5.41 Å². The third kappa shape index (κ3) is 3.05. The first-order valence-corrected chi connectivity index (χ1v) is 5.09. The van der Waals surface area contributed by atoms with E-state index in [9.17, 15) is 0 Å². The highest BCUT2D eigenvalue weighted by molar-refractivity contribution is 7.94. The summed E-state index contributed by atoms with van der Waals surface area (Å²) in [5, 5.41) is 0. The molecule has 1 nitrogen and oxygen atoms in total. The molecule has 0 spiro atoms. The molecular weight excluding hydrogens is 180 g/mol. The fourth-order valence-electron chi connectivity index (χ4n) is 1.11. The van der Waals surface area contributed by atoms with Crippen LogP contribution < -0.4 is 0 Å². The Morgan fingerprint density at radius 1 is 1.08 bits per heavy atom. The maximum atomic E-state index is 4.97. The van der Waals surface area contributed by atoms with Gasteiger partial charge in [0, 0.05) is 16.9 Å². The molecule has 0 radical (unpaired) electrons. The Bertz CT molecular complexity index is 258. The van der Waals surface area contributed by atoms with E-state index in [0.29, 0.717) is 0 Å². The van der Waals surface area contributed by atoms with Gasteiger partial charge in [0.2, 0.25) is 0 Å². The summed E-state index contributed by atoms with van der Waals surface area (Å²) in [6.45, 7) is 6.64. The minimum Gasteiger partial charge on any atom is -0.314 e. The van der Waals surface area contributed by atoms with E-state index in [2.05, 4.69) is 45.0 Å². The molecule has 72 valence electrons. The van der Waals surface area contributed by atoms with Crippen molar-refractivity contribution in [2.24, 2.45) is 0 Å². The average molecular weight is 196 g/mol. The van der Waals surface area contributed by atoms with Crippen molar-refractivity contribution in [3.8, 4) is 0 Å². The molecule has 0 N–H and O–H groups in total. The van der Waals surface area contributed by atoms with Crippen molar-refractivity contribution in [1.82, 2.24) is 0 Å². The van der Waals surface area contributed by atoms with Gasteiger partial charge in [0.1, 0.15) is 0 Å². The fourth-order valence-corrected chi connectivity index (χ4v) is 1.55. The van der Waals surface area contributed by atoms with Gasteiger partial charge < -0.3 is 4.18 Å². The lowest BCUT2D eigenvalue weighted by atomic mass is 9.87. The van der Waals surface area contributed by atoms with Crippen LogP contribution in [0.25, 0.3) is 0 Å². The second-order valence-corrected chi connectivity index (χ2v) is 5.00. The standard InChI is InChI=1S/C11H16OS/c1-11(2,3)9-5-7-10(8-6-9)13-12-4/h5-8H,1-4H3. The zero-order valence-corrected chi connectivity index (χ0v) is 9.44. The Hall–Kier alpha value is -0.470. The Morgan fingerprint density at radius 2 is 1.62 bits per heavy atom. The number of hydrogen-bond acceptors (Lipinski definition) is 2. The lowest BCUT2D eigenvalue weighted by Crippen LogP contribution is -2.10. The van der Waals surface area contributed by atoms with Gasteiger partial charge in [-0.25, -0.2) is 0 Å². The van der Waals surface area contributed by atoms with E-state index in [1.165, 1.54) is 17.6 Å². The number of benzene rings is 1. The third-order valence-corrected chi connectivity index (χ3v) is 2.53. The molecule has 0 aliphatic rings. The normalized spacial score (nSPS) is 11.7. The minimum atomic E-state index is 0.232. The molecule has 0 unspecified atom stereocenters. The summed E-state index contributed by atoms with van der Waals surface area (Å²) in [6.07, 6.45) is 0. The van der Waals surface area contributed by atoms with Gasteiger partial charge in [0.25, 0.3) is 0 Å². The molecule has 1 aromatic carbocycles. The molecular formula is C11H16OS. The molecule has 0 aromatic heterocycles. The SMILES string of the molecule is COSc1ccc(C(C)(C)C)cc1. The fraction of sp³-hybridized carbons (Fsp3) is 0.455. The topological polar surface area (TPSA) is 9.23 Å². The zero-order valence-electron chi connectivity index (χ0n) is 8.63. The predicted octanol–water partition coefficient (Wildman–Crippen LogP) is 3.64. The van der Waals surface area contributed by atoms with Crippen LogP contribution in [0.5, 0.6) is 0 Å². The summed E-state index contributed by atoms with van der Waals surface area (Å²) in [5.41, 5.74) is 1.59. The van der Waals surface area contributed by atoms with E-state index in [1.807, 2.05) is 0 Å². The molecule has 13 heavy (non-hydrogen) atoms. The van der Waals surface area contributed by atoms with E-state index in [1.54, 1.807) is 7.11 Å². The van der Waals surface area contributed by atoms with Crippen molar-refractivity contribution >= 4 is 12.0 Å². The Labute approximate surface area is 84.7 Å². The first-order chi connectivity index (χ1) is 6.04. The highest BCUT2D eigenvalue weighted by atomic mass is 32.2. The minimum absolute atomic E-state index is 0.232. The highest BCUT2D eigenvalue weighted by Crippen LogP contribution is 2.25. The molecule has 0 atom stereocenters. The summed E-state index contributed by atoms with van der Waals surface area (Å²) in [4.78, 5) is 1.15. The monoisotopic (exact) mass is 196 g/mol. The molecule has 0 bridgehead atoms. The summed E-state index contributed by atoms with van der Waals surface area (Å²) >= 11 is 1.39. The second-order valence-electron chi connectivity index (χ2n) is 4.02. The summed E-state index contributed by atoms with van der Waals surface area (Å²) in [5.74, 6) is 0. The largest absolute Gasteiger partial charge is 0.314 e. The van der Waals surface area contributed by atoms with Crippen LogP contribution in [0, 0.1) is 0 Å². The van der Waals surface area contributed by atoms with Crippen LogP contribution in [-0.2, 0) is 9.60 Å². The van der Waals surface area contributed by atoms with Crippen molar-refractivity contribution in [2.75, 3.05) is 7.11 Å².